The highest BCUT2D eigenvalue weighted by Gasteiger charge is 2.29. The lowest BCUT2D eigenvalue weighted by atomic mass is 10.1. The Morgan fingerprint density at radius 3 is 2.20 bits per heavy atom. The Hall–Kier alpha value is -2.87. The number of esters is 1. The maximum atomic E-state index is 13.0. The summed E-state index contributed by atoms with van der Waals surface area (Å²) in [6, 6.07) is 9.22. The lowest BCUT2D eigenvalue weighted by molar-refractivity contribution is -0.116. The molecule has 30 heavy (non-hydrogen) atoms. The molecule has 0 spiro atoms. The van der Waals surface area contributed by atoms with Gasteiger partial charge in [0.25, 0.3) is 0 Å². The van der Waals surface area contributed by atoms with Crippen molar-refractivity contribution in [1.29, 1.82) is 0 Å². The molecule has 1 atom stereocenters. The van der Waals surface area contributed by atoms with Crippen molar-refractivity contribution in [3.05, 3.63) is 58.7 Å². The van der Waals surface area contributed by atoms with Crippen molar-refractivity contribution in [3.8, 4) is 0 Å². The van der Waals surface area contributed by atoms with Gasteiger partial charge in [0.2, 0.25) is 15.9 Å². The molecule has 162 valence electrons. The fourth-order valence-electron chi connectivity index (χ4n) is 3.22. The lowest BCUT2D eigenvalue weighted by Gasteiger charge is -2.29. The maximum absolute atomic E-state index is 13.0. The van der Waals surface area contributed by atoms with Gasteiger partial charge in [-0.3, -0.25) is 9.10 Å². The van der Waals surface area contributed by atoms with E-state index in [4.69, 9.17) is 4.74 Å². The molecular weight excluding hydrogens is 404 g/mol. The van der Waals surface area contributed by atoms with Crippen LogP contribution in [-0.2, 0) is 19.6 Å². The Morgan fingerprint density at radius 1 is 1.07 bits per heavy atom. The molecule has 0 unspecified atom stereocenters. The molecule has 2 aromatic carbocycles. The summed E-state index contributed by atoms with van der Waals surface area (Å²) in [5.74, 6) is -1.00. The van der Waals surface area contributed by atoms with Crippen molar-refractivity contribution >= 4 is 33.3 Å². The van der Waals surface area contributed by atoms with Gasteiger partial charge in [-0.2, -0.15) is 0 Å². The minimum absolute atomic E-state index is 0.241. The van der Waals surface area contributed by atoms with Crippen LogP contribution in [0.3, 0.4) is 0 Å². The Morgan fingerprint density at radius 2 is 1.67 bits per heavy atom. The third-order valence-electron chi connectivity index (χ3n) is 4.56. The van der Waals surface area contributed by atoms with Gasteiger partial charge in [-0.1, -0.05) is 12.1 Å². The van der Waals surface area contributed by atoms with Gasteiger partial charge in [0.05, 0.1) is 24.1 Å². The van der Waals surface area contributed by atoms with E-state index in [9.17, 15) is 18.0 Å². The van der Waals surface area contributed by atoms with E-state index in [0.29, 0.717) is 16.9 Å². The lowest BCUT2D eigenvalue weighted by Crippen LogP contribution is -2.45. The normalized spacial score (nSPS) is 12.2. The number of carbonyl (C=O) groups excluding carboxylic acids is 2. The first-order chi connectivity index (χ1) is 13.9. The van der Waals surface area contributed by atoms with Crippen LogP contribution in [0, 0.1) is 20.8 Å². The second kappa shape index (κ2) is 9.30. The number of sulfonamides is 1. The van der Waals surface area contributed by atoms with Crippen LogP contribution < -0.4 is 9.62 Å². The van der Waals surface area contributed by atoms with Gasteiger partial charge in [0.15, 0.2) is 0 Å². The molecule has 0 radical (unpaired) electrons. The Kier molecular flexibility index (Phi) is 7.25. The number of ether oxygens (including phenoxy) is 1. The zero-order chi connectivity index (χ0) is 22.6. The molecule has 0 fully saturated rings. The van der Waals surface area contributed by atoms with Crippen molar-refractivity contribution in [2.45, 2.75) is 40.7 Å². The summed E-state index contributed by atoms with van der Waals surface area (Å²) in [6.45, 7) is 9.00. The van der Waals surface area contributed by atoms with E-state index in [2.05, 4.69) is 5.32 Å². The van der Waals surface area contributed by atoms with Gasteiger partial charge in [-0.15, -0.1) is 0 Å². The standard InChI is InChI=1S/C22H28N2O5S/c1-7-29-22(26)18-9-8-16(4)20(13-18)23-21(25)17(5)24(30(6,27)28)19-11-14(2)10-15(3)12-19/h8-13,17H,7H2,1-6H3,(H,23,25)/t17-/m1/s1. The van der Waals surface area contributed by atoms with Crippen LogP contribution in [0.15, 0.2) is 36.4 Å². The quantitative estimate of drug-likeness (QED) is 0.675. The summed E-state index contributed by atoms with van der Waals surface area (Å²) in [7, 11) is -3.73. The number of amides is 1. The topological polar surface area (TPSA) is 92.8 Å². The summed E-state index contributed by atoms with van der Waals surface area (Å²) >= 11 is 0. The first-order valence-corrected chi connectivity index (χ1v) is 11.4. The van der Waals surface area contributed by atoms with Crippen LogP contribution in [0.25, 0.3) is 0 Å². The van der Waals surface area contributed by atoms with Gasteiger partial charge in [-0.25, -0.2) is 13.2 Å². The smallest absolute Gasteiger partial charge is 0.338 e. The van der Waals surface area contributed by atoms with E-state index in [0.717, 1.165) is 27.3 Å². The van der Waals surface area contributed by atoms with Crippen molar-refractivity contribution in [2.75, 3.05) is 22.5 Å². The summed E-state index contributed by atoms with van der Waals surface area (Å²) in [6.07, 6.45) is 1.07. The molecule has 0 aliphatic heterocycles. The number of benzene rings is 2. The zero-order valence-corrected chi connectivity index (χ0v) is 19.0. The van der Waals surface area contributed by atoms with Crippen LogP contribution in [0.4, 0.5) is 11.4 Å². The summed E-state index contributed by atoms with van der Waals surface area (Å²) in [5, 5.41) is 2.75. The number of anilines is 2. The zero-order valence-electron chi connectivity index (χ0n) is 18.1. The van der Waals surface area contributed by atoms with E-state index < -0.39 is 27.9 Å². The van der Waals surface area contributed by atoms with Gasteiger partial charge in [0, 0.05) is 5.69 Å². The third-order valence-corrected chi connectivity index (χ3v) is 5.80. The highest BCUT2D eigenvalue weighted by atomic mass is 32.2. The van der Waals surface area contributed by atoms with Crippen molar-refractivity contribution in [2.24, 2.45) is 0 Å². The molecule has 0 aliphatic carbocycles. The summed E-state index contributed by atoms with van der Waals surface area (Å²) in [4.78, 5) is 25.0. The number of hydrogen-bond donors (Lipinski definition) is 1. The van der Waals surface area contributed by atoms with E-state index in [1.807, 2.05) is 19.9 Å². The Labute approximate surface area is 178 Å². The van der Waals surface area contributed by atoms with E-state index >= 15 is 0 Å². The SMILES string of the molecule is CCOC(=O)c1ccc(C)c(NC(=O)[C@@H](C)N(c2cc(C)cc(C)c2)S(C)(=O)=O)c1. The van der Waals surface area contributed by atoms with Crippen molar-refractivity contribution < 1.29 is 22.7 Å². The molecule has 2 aromatic rings. The second-order valence-electron chi connectivity index (χ2n) is 7.32. The number of rotatable bonds is 7. The molecule has 7 nitrogen and oxygen atoms in total. The van der Waals surface area contributed by atoms with E-state index in [-0.39, 0.29) is 6.61 Å². The summed E-state index contributed by atoms with van der Waals surface area (Å²) < 4.78 is 31.1. The van der Waals surface area contributed by atoms with Crippen molar-refractivity contribution in [3.63, 3.8) is 0 Å². The number of carbonyl (C=O) groups is 2. The van der Waals surface area contributed by atoms with Crippen LogP contribution in [-0.4, -0.2) is 39.2 Å². The minimum atomic E-state index is -3.73. The summed E-state index contributed by atoms with van der Waals surface area (Å²) in [5.41, 5.74) is 3.68. The van der Waals surface area contributed by atoms with Crippen LogP contribution in [0.5, 0.6) is 0 Å². The van der Waals surface area contributed by atoms with Crippen LogP contribution in [0.1, 0.15) is 40.9 Å². The second-order valence-corrected chi connectivity index (χ2v) is 9.18. The highest BCUT2D eigenvalue weighted by Crippen LogP contribution is 2.25. The highest BCUT2D eigenvalue weighted by molar-refractivity contribution is 7.92. The molecule has 0 saturated heterocycles. The number of aryl methyl sites for hydroxylation is 3. The molecule has 2 rings (SSSR count). The minimum Gasteiger partial charge on any atom is -0.462 e. The molecule has 1 N–H and O–H groups in total. The largest absolute Gasteiger partial charge is 0.462 e. The van der Waals surface area contributed by atoms with Crippen molar-refractivity contribution in [1.82, 2.24) is 0 Å². The first-order valence-electron chi connectivity index (χ1n) is 9.60. The van der Waals surface area contributed by atoms with Crippen LogP contribution in [0.2, 0.25) is 0 Å². The van der Waals surface area contributed by atoms with E-state index in [1.54, 1.807) is 38.1 Å². The fourth-order valence-corrected chi connectivity index (χ4v) is 4.38. The monoisotopic (exact) mass is 432 g/mol. The van der Waals surface area contributed by atoms with Gasteiger partial charge < -0.3 is 10.1 Å². The maximum Gasteiger partial charge on any atom is 0.338 e. The number of nitrogens with zero attached hydrogens (tertiary/aromatic N) is 1. The van der Waals surface area contributed by atoms with Crippen LogP contribution >= 0.6 is 0 Å². The molecule has 0 aromatic heterocycles. The molecule has 0 heterocycles. The molecule has 0 aliphatic rings. The van der Waals surface area contributed by atoms with E-state index in [1.165, 1.54) is 13.0 Å². The average Bonchev–Trinajstić information content (AvgIpc) is 2.61. The molecular formula is C22H28N2O5S. The molecule has 0 bridgehead atoms. The number of nitrogens with one attached hydrogen (secondary N) is 1. The third kappa shape index (κ3) is 5.60. The fraction of sp³-hybridized carbons (Fsp3) is 0.364. The number of hydrogen-bond acceptors (Lipinski definition) is 5. The molecule has 0 saturated carbocycles. The average molecular weight is 433 g/mol. The predicted octanol–water partition coefficient (Wildman–Crippen LogP) is 3.58. The van der Waals surface area contributed by atoms with Gasteiger partial charge >= 0.3 is 5.97 Å². The van der Waals surface area contributed by atoms with Gasteiger partial charge in [0.1, 0.15) is 6.04 Å². The Balaban J connectivity index is 2.37. The van der Waals surface area contributed by atoms with Gasteiger partial charge in [-0.05, 0) is 75.6 Å². The predicted molar refractivity (Wildman–Crippen MR) is 118 cm³/mol. The Bertz CT molecular complexity index is 1040. The molecule has 8 heteroatoms. The molecule has 1 amide bonds. The first kappa shape index (κ1) is 23.4.